The number of likely N-dealkylation sites (tertiary alicyclic amines) is 1. The molecule has 98 valence electrons. The molecule has 0 N–H and O–H groups in total. The van der Waals surface area contributed by atoms with E-state index >= 15 is 0 Å². The van der Waals surface area contributed by atoms with Crippen LogP contribution in [0.2, 0.25) is 0 Å². The number of hydrogen-bond donors (Lipinski definition) is 0. The first-order valence-electron chi connectivity index (χ1n) is 6.93. The van der Waals surface area contributed by atoms with Gasteiger partial charge in [0.05, 0.1) is 6.04 Å². The average Bonchev–Trinajstić information content (AvgIpc) is 2.39. The van der Waals surface area contributed by atoms with Crippen LogP contribution in [0.4, 0.5) is 0 Å². The zero-order chi connectivity index (χ0) is 13.1. The molecule has 18 heavy (non-hydrogen) atoms. The fourth-order valence-corrected chi connectivity index (χ4v) is 2.54. The van der Waals surface area contributed by atoms with Gasteiger partial charge in [0.1, 0.15) is 0 Å². The van der Waals surface area contributed by atoms with Crippen LogP contribution < -0.4 is 0 Å². The third-order valence-corrected chi connectivity index (χ3v) is 4.08. The summed E-state index contributed by atoms with van der Waals surface area (Å²) in [5, 5.41) is 0. The Morgan fingerprint density at radius 3 is 2.33 bits per heavy atom. The normalized spacial score (nSPS) is 19.7. The molecule has 0 aliphatic carbocycles. The maximum atomic E-state index is 12.4. The first-order valence-corrected chi connectivity index (χ1v) is 6.93. The molecule has 0 bridgehead atoms. The van der Waals surface area contributed by atoms with Gasteiger partial charge in [-0.25, -0.2) is 0 Å². The molecule has 2 nitrogen and oxygen atoms in total. The van der Waals surface area contributed by atoms with Crippen LogP contribution in [-0.4, -0.2) is 29.8 Å². The number of nitrogens with zero attached hydrogens (tertiary/aromatic N) is 1. The van der Waals surface area contributed by atoms with Gasteiger partial charge >= 0.3 is 0 Å². The third kappa shape index (κ3) is 2.99. The van der Waals surface area contributed by atoms with Crippen LogP contribution in [0.5, 0.6) is 0 Å². The Morgan fingerprint density at radius 1 is 1.22 bits per heavy atom. The van der Waals surface area contributed by atoms with Crippen molar-refractivity contribution in [3.05, 3.63) is 35.4 Å². The van der Waals surface area contributed by atoms with Crippen molar-refractivity contribution in [3.8, 4) is 0 Å². The number of ketones is 1. The molecule has 1 aromatic carbocycles. The summed E-state index contributed by atoms with van der Waals surface area (Å²) < 4.78 is 0. The summed E-state index contributed by atoms with van der Waals surface area (Å²) in [5.74, 6) is 1.06. The van der Waals surface area contributed by atoms with Crippen molar-refractivity contribution in [2.24, 2.45) is 5.92 Å². The first-order chi connectivity index (χ1) is 8.58. The highest BCUT2D eigenvalue weighted by atomic mass is 16.1. The van der Waals surface area contributed by atoms with E-state index in [2.05, 4.69) is 11.8 Å². The number of benzene rings is 1. The Hall–Kier alpha value is -1.15. The maximum Gasteiger partial charge on any atom is 0.179 e. The molecule has 2 rings (SSSR count). The Morgan fingerprint density at radius 2 is 1.78 bits per heavy atom. The maximum absolute atomic E-state index is 12.4. The van der Waals surface area contributed by atoms with Gasteiger partial charge in [-0.2, -0.15) is 0 Å². The number of Topliss-reactive ketones (excluding diaryl/α,β-unsaturated/α-hetero) is 1. The van der Waals surface area contributed by atoms with Gasteiger partial charge in [0.25, 0.3) is 0 Å². The standard InChI is InChI=1S/C16H23NO/c1-12-4-6-15(7-5-12)16(18)14(3)17-10-8-13(2)9-11-17/h4-7,13-14H,8-11H2,1-3H3. The van der Waals surface area contributed by atoms with E-state index in [1.807, 2.05) is 38.1 Å². The molecule has 0 aromatic heterocycles. The highest BCUT2D eigenvalue weighted by Gasteiger charge is 2.25. The van der Waals surface area contributed by atoms with E-state index in [1.54, 1.807) is 0 Å². The molecule has 1 saturated heterocycles. The lowest BCUT2D eigenvalue weighted by Crippen LogP contribution is -2.43. The van der Waals surface area contributed by atoms with Gasteiger partial charge in [-0.15, -0.1) is 0 Å². The van der Waals surface area contributed by atoms with E-state index in [0.29, 0.717) is 0 Å². The lowest BCUT2D eigenvalue weighted by Gasteiger charge is -2.34. The third-order valence-electron chi connectivity index (χ3n) is 4.08. The van der Waals surface area contributed by atoms with Crippen molar-refractivity contribution in [1.29, 1.82) is 0 Å². The molecular formula is C16H23NO. The number of rotatable bonds is 3. The number of carbonyl (C=O) groups excluding carboxylic acids is 1. The van der Waals surface area contributed by atoms with Crippen molar-refractivity contribution in [2.45, 2.75) is 39.7 Å². The Bertz CT molecular complexity index is 402. The molecule has 1 aliphatic heterocycles. The highest BCUT2D eigenvalue weighted by molar-refractivity contribution is 5.99. The summed E-state index contributed by atoms with van der Waals surface area (Å²) in [6.07, 6.45) is 2.43. The van der Waals surface area contributed by atoms with Crippen molar-refractivity contribution in [2.75, 3.05) is 13.1 Å². The summed E-state index contributed by atoms with van der Waals surface area (Å²) in [6, 6.07) is 7.93. The molecular weight excluding hydrogens is 222 g/mol. The zero-order valence-electron chi connectivity index (χ0n) is 11.6. The lowest BCUT2D eigenvalue weighted by atomic mass is 9.96. The minimum Gasteiger partial charge on any atom is -0.293 e. The minimum atomic E-state index is 0.0141. The Balaban J connectivity index is 2.02. The number of carbonyl (C=O) groups is 1. The predicted molar refractivity (Wildman–Crippen MR) is 74.9 cm³/mol. The fourth-order valence-electron chi connectivity index (χ4n) is 2.54. The van der Waals surface area contributed by atoms with E-state index in [9.17, 15) is 4.79 Å². The Labute approximate surface area is 110 Å². The highest BCUT2D eigenvalue weighted by Crippen LogP contribution is 2.19. The molecule has 0 amide bonds. The molecule has 0 saturated carbocycles. The second-order valence-electron chi connectivity index (χ2n) is 5.62. The van der Waals surface area contributed by atoms with E-state index < -0.39 is 0 Å². The van der Waals surface area contributed by atoms with Gasteiger partial charge in [-0.05, 0) is 45.7 Å². The minimum absolute atomic E-state index is 0.0141. The molecule has 1 aliphatic rings. The van der Waals surface area contributed by atoms with E-state index in [0.717, 1.165) is 24.6 Å². The Kier molecular flexibility index (Phi) is 4.18. The summed E-state index contributed by atoms with van der Waals surface area (Å²) in [7, 11) is 0. The molecule has 1 fully saturated rings. The van der Waals surface area contributed by atoms with Crippen LogP contribution in [0.15, 0.2) is 24.3 Å². The van der Waals surface area contributed by atoms with Crippen LogP contribution >= 0.6 is 0 Å². The molecule has 1 aromatic rings. The predicted octanol–water partition coefficient (Wildman–Crippen LogP) is 3.30. The smallest absolute Gasteiger partial charge is 0.179 e. The number of piperidine rings is 1. The fraction of sp³-hybridized carbons (Fsp3) is 0.562. The van der Waals surface area contributed by atoms with Crippen LogP contribution in [0, 0.1) is 12.8 Å². The van der Waals surface area contributed by atoms with Gasteiger partial charge in [0.2, 0.25) is 0 Å². The first kappa shape index (κ1) is 13.3. The molecule has 0 radical (unpaired) electrons. The lowest BCUT2D eigenvalue weighted by molar-refractivity contribution is 0.0779. The van der Waals surface area contributed by atoms with Crippen LogP contribution in [0.1, 0.15) is 42.6 Å². The monoisotopic (exact) mass is 245 g/mol. The van der Waals surface area contributed by atoms with Gasteiger partial charge in [-0.3, -0.25) is 9.69 Å². The van der Waals surface area contributed by atoms with E-state index in [4.69, 9.17) is 0 Å². The summed E-state index contributed by atoms with van der Waals surface area (Å²) in [6.45, 7) is 8.49. The number of aryl methyl sites for hydroxylation is 1. The largest absolute Gasteiger partial charge is 0.293 e. The van der Waals surface area contributed by atoms with Gasteiger partial charge in [0.15, 0.2) is 5.78 Å². The number of hydrogen-bond acceptors (Lipinski definition) is 2. The molecule has 1 unspecified atom stereocenters. The molecule has 1 heterocycles. The molecule has 1 atom stereocenters. The van der Waals surface area contributed by atoms with Crippen LogP contribution in [-0.2, 0) is 0 Å². The summed E-state index contributed by atoms with van der Waals surface area (Å²) in [5.41, 5.74) is 2.04. The zero-order valence-corrected chi connectivity index (χ0v) is 11.6. The van der Waals surface area contributed by atoms with E-state index in [1.165, 1.54) is 18.4 Å². The SMILES string of the molecule is Cc1ccc(C(=O)C(C)N2CCC(C)CC2)cc1. The second-order valence-corrected chi connectivity index (χ2v) is 5.62. The van der Waals surface area contributed by atoms with Crippen molar-refractivity contribution in [1.82, 2.24) is 4.90 Å². The van der Waals surface area contributed by atoms with Gasteiger partial charge in [-0.1, -0.05) is 36.8 Å². The topological polar surface area (TPSA) is 20.3 Å². The second kappa shape index (κ2) is 5.66. The summed E-state index contributed by atoms with van der Waals surface area (Å²) in [4.78, 5) is 14.7. The van der Waals surface area contributed by atoms with Crippen molar-refractivity contribution in [3.63, 3.8) is 0 Å². The molecule has 2 heteroatoms. The van der Waals surface area contributed by atoms with Gasteiger partial charge in [0, 0.05) is 5.56 Å². The van der Waals surface area contributed by atoms with Gasteiger partial charge < -0.3 is 0 Å². The molecule has 0 spiro atoms. The van der Waals surface area contributed by atoms with E-state index in [-0.39, 0.29) is 11.8 Å². The summed E-state index contributed by atoms with van der Waals surface area (Å²) >= 11 is 0. The van der Waals surface area contributed by atoms with Crippen molar-refractivity contribution >= 4 is 5.78 Å². The van der Waals surface area contributed by atoms with Crippen LogP contribution in [0.3, 0.4) is 0 Å². The average molecular weight is 245 g/mol. The van der Waals surface area contributed by atoms with Crippen LogP contribution in [0.25, 0.3) is 0 Å². The van der Waals surface area contributed by atoms with Crippen molar-refractivity contribution < 1.29 is 4.79 Å². The quantitative estimate of drug-likeness (QED) is 0.762.